The molecule has 0 radical (unpaired) electrons. The van der Waals surface area contributed by atoms with Crippen LogP contribution < -0.4 is 10.6 Å². The molecule has 0 aromatic heterocycles. The molecule has 5 heteroatoms. The number of anilines is 1. The van der Waals surface area contributed by atoms with E-state index in [4.69, 9.17) is 0 Å². The summed E-state index contributed by atoms with van der Waals surface area (Å²) in [6.07, 6.45) is 2.64. The Labute approximate surface area is 118 Å². The molecule has 0 atom stereocenters. The maximum atomic E-state index is 12.0. The highest BCUT2D eigenvalue weighted by molar-refractivity contribution is 5.94. The number of carbonyl (C=O) groups excluding carboxylic acids is 1. The van der Waals surface area contributed by atoms with Crippen molar-refractivity contribution in [3.8, 4) is 0 Å². The van der Waals surface area contributed by atoms with Gasteiger partial charge in [0.05, 0.1) is 0 Å². The van der Waals surface area contributed by atoms with Gasteiger partial charge in [0.2, 0.25) is 0 Å². The molecular formula is C15H20N2O3. The quantitative estimate of drug-likeness (QED) is 0.794. The molecular weight excluding hydrogens is 256 g/mol. The van der Waals surface area contributed by atoms with Gasteiger partial charge in [0.15, 0.2) is 0 Å². The van der Waals surface area contributed by atoms with Crippen LogP contribution >= 0.6 is 0 Å². The predicted octanol–water partition coefficient (Wildman–Crippen LogP) is 2.82. The van der Waals surface area contributed by atoms with Crippen LogP contribution in [0.25, 0.3) is 0 Å². The van der Waals surface area contributed by atoms with E-state index in [9.17, 15) is 14.7 Å². The predicted molar refractivity (Wildman–Crippen MR) is 76.9 cm³/mol. The Hall–Kier alpha value is -2.04. The van der Waals surface area contributed by atoms with Gasteiger partial charge in [-0.15, -0.1) is 0 Å². The largest absolute Gasteiger partial charge is 0.480 e. The maximum absolute atomic E-state index is 12.0. The minimum atomic E-state index is -1.11. The Morgan fingerprint density at radius 2 is 1.65 bits per heavy atom. The van der Waals surface area contributed by atoms with Crippen molar-refractivity contribution in [2.24, 2.45) is 0 Å². The average molecular weight is 276 g/mol. The minimum Gasteiger partial charge on any atom is -0.480 e. The molecule has 1 aromatic carbocycles. The molecule has 108 valence electrons. The number of aliphatic carboxylic acids is 1. The third-order valence-electron chi connectivity index (χ3n) is 3.70. The van der Waals surface area contributed by atoms with Crippen LogP contribution in [0, 0.1) is 13.8 Å². The lowest BCUT2D eigenvalue weighted by Gasteiger charge is -2.25. The normalized spacial score (nSPS) is 16.7. The molecule has 2 amide bonds. The van der Waals surface area contributed by atoms with Crippen LogP contribution in [0.4, 0.5) is 10.5 Å². The smallest absolute Gasteiger partial charge is 0.329 e. The van der Waals surface area contributed by atoms with E-state index in [1.807, 2.05) is 32.0 Å². The first-order valence-electron chi connectivity index (χ1n) is 6.82. The van der Waals surface area contributed by atoms with E-state index >= 15 is 0 Å². The van der Waals surface area contributed by atoms with Crippen molar-refractivity contribution in [2.75, 3.05) is 5.32 Å². The number of aryl methyl sites for hydroxylation is 2. The van der Waals surface area contributed by atoms with Gasteiger partial charge in [0, 0.05) is 5.69 Å². The molecule has 0 unspecified atom stereocenters. The SMILES string of the molecule is Cc1cc(C)cc(NC(=O)NC2(C(=O)O)CCCC2)c1. The highest BCUT2D eigenvalue weighted by atomic mass is 16.4. The summed E-state index contributed by atoms with van der Waals surface area (Å²) in [6.45, 7) is 3.90. The summed E-state index contributed by atoms with van der Waals surface area (Å²) in [6, 6.07) is 5.27. The molecule has 0 spiro atoms. The first kappa shape index (κ1) is 14.4. The van der Waals surface area contributed by atoms with Crippen LogP contribution in [0.5, 0.6) is 0 Å². The summed E-state index contributed by atoms with van der Waals surface area (Å²) in [5, 5.41) is 14.7. The summed E-state index contributed by atoms with van der Waals surface area (Å²) in [4.78, 5) is 23.4. The number of carbonyl (C=O) groups is 2. The Morgan fingerprint density at radius 3 is 2.15 bits per heavy atom. The van der Waals surface area contributed by atoms with E-state index in [-0.39, 0.29) is 0 Å². The zero-order valence-electron chi connectivity index (χ0n) is 11.8. The molecule has 2 rings (SSSR count). The van der Waals surface area contributed by atoms with Crippen molar-refractivity contribution in [3.05, 3.63) is 29.3 Å². The summed E-state index contributed by atoms with van der Waals surface area (Å²) >= 11 is 0. The molecule has 1 aromatic rings. The van der Waals surface area contributed by atoms with Crippen molar-refractivity contribution < 1.29 is 14.7 Å². The zero-order chi connectivity index (χ0) is 14.8. The van der Waals surface area contributed by atoms with Gasteiger partial charge in [-0.3, -0.25) is 0 Å². The van der Waals surface area contributed by atoms with Gasteiger partial charge in [0.25, 0.3) is 0 Å². The van der Waals surface area contributed by atoms with Crippen molar-refractivity contribution in [1.29, 1.82) is 0 Å². The molecule has 1 fully saturated rings. The minimum absolute atomic E-state index is 0.459. The first-order valence-corrected chi connectivity index (χ1v) is 6.82. The van der Waals surface area contributed by atoms with Crippen molar-refractivity contribution in [3.63, 3.8) is 0 Å². The standard InChI is InChI=1S/C15H20N2O3/c1-10-7-11(2)9-12(8-10)16-14(20)17-15(13(18)19)5-3-4-6-15/h7-9H,3-6H2,1-2H3,(H,18,19)(H2,16,17,20). The lowest BCUT2D eigenvalue weighted by molar-refractivity contribution is -0.144. The molecule has 1 aliphatic carbocycles. The number of hydrogen-bond acceptors (Lipinski definition) is 2. The van der Waals surface area contributed by atoms with E-state index in [0.29, 0.717) is 18.5 Å². The summed E-state index contributed by atoms with van der Waals surface area (Å²) in [5.74, 6) is -0.953. The fraction of sp³-hybridized carbons (Fsp3) is 0.467. The Balaban J connectivity index is 2.06. The summed E-state index contributed by atoms with van der Waals surface area (Å²) < 4.78 is 0. The molecule has 3 N–H and O–H groups in total. The number of nitrogens with one attached hydrogen (secondary N) is 2. The number of benzene rings is 1. The highest BCUT2D eigenvalue weighted by Crippen LogP contribution is 2.30. The Morgan fingerprint density at radius 1 is 1.10 bits per heavy atom. The molecule has 0 bridgehead atoms. The Bertz CT molecular complexity index is 514. The van der Waals surface area contributed by atoms with E-state index in [1.54, 1.807) is 0 Å². The third kappa shape index (κ3) is 3.10. The molecule has 1 aliphatic rings. The van der Waals surface area contributed by atoms with E-state index in [0.717, 1.165) is 24.0 Å². The van der Waals surface area contributed by atoms with E-state index < -0.39 is 17.5 Å². The summed E-state index contributed by atoms with van der Waals surface area (Å²) in [5.41, 5.74) is 1.67. The molecule has 0 heterocycles. The number of carboxylic acids is 1. The van der Waals surface area contributed by atoms with Gasteiger partial charge >= 0.3 is 12.0 Å². The van der Waals surface area contributed by atoms with Crippen LogP contribution in [-0.4, -0.2) is 22.6 Å². The lowest BCUT2D eigenvalue weighted by Crippen LogP contribution is -2.53. The van der Waals surface area contributed by atoms with Crippen LogP contribution in [0.2, 0.25) is 0 Å². The van der Waals surface area contributed by atoms with Gasteiger partial charge in [-0.25, -0.2) is 9.59 Å². The Kier molecular flexibility index (Phi) is 3.97. The first-order chi connectivity index (χ1) is 9.41. The zero-order valence-corrected chi connectivity index (χ0v) is 11.8. The second-order valence-corrected chi connectivity index (χ2v) is 5.55. The number of urea groups is 1. The average Bonchev–Trinajstić information content (AvgIpc) is 2.76. The van der Waals surface area contributed by atoms with Crippen LogP contribution in [0.15, 0.2) is 18.2 Å². The maximum Gasteiger partial charge on any atom is 0.329 e. The number of hydrogen-bond donors (Lipinski definition) is 3. The van der Waals surface area contributed by atoms with Crippen LogP contribution in [0.1, 0.15) is 36.8 Å². The number of carboxylic acid groups (broad SMARTS) is 1. The lowest BCUT2D eigenvalue weighted by atomic mass is 9.98. The fourth-order valence-electron chi connectivity index (χ4n) is 2.80. The molecule has 0 saturated heterocycles. The summed E-state index contributed by atoms with van der Waals surface area (Å²) in [7, 11) is 0. The number of rotatable bonds is 3. The van der Waals surface area contributed by atoms with Gasteiger partial charge in [-0.2, -0.15) is 0 Å². The van der Waals surface area contributed by atoms with Crippen molar-refractivity contribution in [1.82, 2.24) is 5.32 Å². The van der Waals surface area contributed by atoms with Gasteiger partial charge in [-0.05, 0) is 49.9 Å². The topological polar surface area (TPSA) is 78.4 Å². The van der Waals surface area contributed by atoms with E-state index in [1.165, 1.54) is 0 Å². The van der Waals surface area contributed by atoms with Gasteiger partial charge in [0.1, 0.15) is 5.54 Å². The molecule has 1 saturated carbocycles. The molecule has 20 heavy (non-hydrogen) atoms. The van der Waals surface area contributed by atoms with Crippen LogP contribution in [0.3, 0.4) is 0 Å². The number of amides is 2. The van der Waals surface area contributed by atoms with Crippen molar-refractivity contribution >= 4 is 17.7 Å². The second-order valence-electron chi connectivity index (χ2n) is 5.55. The molecule has 0 aliphatic heterocycles. The highest BCUT2D eigenvalue weighted by Gasteiger charge is 2.42. The van der Waals surface area contributed by atoms with Crippen LogP contribution in [-0.2, 0) is 4.79 Å². The fourth-order valence-corrected chi connectivity index (χ4v) is 2.80. The monoisotopic (exact) mass is 276 g/mol. The molecule has 5 nitrogen and oxygen atoms in total. The van der Waals surface area contributed by atoms with E-state index in [2.05, 4.69) is 10.6 Å². The second kappa shape index (κ2) is 5.53. The van der Waals surface area contributed by atoms with Gasteiger partial charge in [-0.1, -0.05) is 18.9 Å². The van der Waals surface area contributed by atoms with Crippen molar-refractivity contribution in [2.45, 2.75) is 45.1 Å². The van der Waals surface area contributed by atoms with Gasteiger partial charge < -0.3 is 15.7 Å². The third-order valence-corrected chi connectivity index (χ3v) is 3.70.